The van der Waals surface area contributed by atoms with Crippen LogP contribution in [0.5, 0.6) is 5.75 Å². The molecule has 0 saturated carbocycles. The van der Waals surface area contributed by atoms with Gasteiger partial charge in [-0.15, -0.1) is 0 Å². The van der Waals surface area contributed by atoms with Crippen molar-refractivity contribution in [1.82, 2.24) is 20.3 Å². The first kappa shape index (κ1) is 21.6. The van der Waals surface area contributed by atoms with Gasteiger partial charge in [0.2, 0.25) is 5.95 Å². The molecule has 0 amide bonds. The van der Waals surface area contributed by atoms with Crippen molar-refractivity contribution in [1.29, 1.82) is 0 Å². The van der Waals surface area contributed by atoms with Crippen LogP contribution in [-0.2, 0) is 4.74 Å². The Morgan fingerprint density at radius 1 is 0.939 bits per heavy atom. The predicted octanol–water partition coefficient (Wildman–Crippen LogP) is 3.89. The van der Waals surface area contributed by atoms with E-state index in [1.165, 1.54) is 5.56 Å². The van der Waals surface area contributed by atoms with Crippen LogP contribution >= 0.6 is 0 Å². The zero-order chi connectivity index (χ0) is 22.5. The molecule has 8 heteroatoms. The molecule has 0 unspecified atom stereocenters. The Morgan fingerprint density at radius 2 is 1.70 bits per heavy atom. The summed E-state index contributed by atoms with van der Waals surface area (Å²) in [5.41, 5.74) is 10.1. The Labute approximate surface area is 194 Å². The second-order valence-electron chi connectivity index (χ2n) is 8.60. The van der Waals surface area contributed by atoms with Gasteiger partial charge in [0, 0.05) is 31.4 Å². The summed E-state index contributed by atoms with van der Waals surface area (Å²) in [7, 11) is 0. The Balaban J connectivity index is 1.26. The first-order chi connectivity index (χ1) is 16.2. The molecule has 2 aliphatic heterocycles. The number of hydrogen-bond donors (Lipinski definition) is 3. The molecule has 33 heavy (non-hydrogen) atoms. The summed E-state index contributed by atoms with van der Waals surface area (Å²) < 4.78 is 11.5. The highest BCUT2D eigenvalue weighted by Gasteiger charge is 2.17. The van der Waals surface area contributed by atoms with Crippen LogP contribution in [0.2, 0.25) is 0 Å². The first-order valence-electron chi connectivity index (χ1n) is 11.6. The number of hydrogen-bond acceptors (Lipinski definition) is 8. The molecule has 2 aliphatic rings. The van der Waals surface area contributed by atoms with Crippen molar-refractivity contribution in [3.63, 3.8) is 0 Å². The number of nitrogens with one attached hydrogen (secondary N) is 2. The molecule has 0 radical (unpaired) electrons. The number of pyridine rings is 1. The van der Waals surface area contributed by atoms with E-state index < -0.39 is 0 Å². The number of benzene rings is 1. The zero-order valence-corrected chi connectivity index (χ0v) is 18.7. The lowest BCUT2D eigenvalue weighted by atomic mass is 9.92. The fourth-order valence-corrected chi connectivity index (χ4v) is 4.37. The van der Waals surface area contributed by atoms with Gasteiger partial charge >= 0.3 is 0 Å². The summed E-state index contributed by atoms with van der Waals surface area (Å²) in [4.78, 5) is 13.4. The predicted molar refractivity (Wildman–Crippen MR) is 129 cm³/mol. The molecule has 0 spiro atoms. The van der Waals surface area contributed by atoms with E-state index in [9.17, 15) is 0 Å². The van der Waals surface area contributed by atoms with Crippen LogP contribution in [0.4, 0.5) is 17.5 Å². The maximum absolute atomic E-state index is 6.30. The van der Waals surface area contributed by atoms with Crippen molar-refractivity contribution >= 4 is 17.5 Å². The van der Waals surface area contributed by atoms with Gasteiger partial charge in [0.15, 0.2) is 0 Å². The quantitative estimate of drug-likeness (QED) is 0.490. The van der Waals surface area contributed by atoms with Crippen molar-refractivity contribution in [2.45, 2.75) is 37.7 Å². The maximum Gasteiger partial charge on any atom is 0.228 e. The van der Waals surface area contributed by atoms with Gasteiger partial charge in [0.25, 0.3) is 0 Å². The second kappa shape index (κ2) is 10.1. The van der Waals surface area contributed by atoms with Crippen LogP contribution in [0, 0.1) is 0 Å². The SMILES string of the molecule is Nc1cc(-c2ccnc(Nc3ncc(C4CCNCC4)cn3)c2)ccc1OC1CCOCC1. The van der Waals surface area contributed by atoms with E-state index in [0.717, 1.165) is 68.9 Å². The van der Waals surface area contributed by atoms with Gasteiger partial charge in [-0.3, -0.25) is 0 Å². The Kier molecular flexibility index (Phi) is 6.64. The van der Waals surface area contributed by atoms with Crippen molar-refractivity contribution in [3.8, 4) is 16.9 Å². The molecule has 2 aromatic heterocycles. The first-order valence-corrected chi connectivity index (χ1v) is 11.6. The average Bonchev–Trinajstić information content (AvgIpc) is 2.87. The molecule has 0 atom stereocenters. The lowest BCUT2D eigenvalue weighted by Crippen LogP contribution is -2.26. The summed E-state index contributed by atoms with van der Waals surface area (Å²) >= 11 is 0. The number of ether oxygens (including phenoxy) is 2. The van der Waals surface area contributed by atoms with E-state index in [2.05, 4.69) is 25.6 Å². The summed E-state index contributed by atoms with van der Waals surface area (Å²) in [5, 5.41) is 6.60. The molecule has 1 aromatic carbocycles. The van der Waals surface area contributed by atoms with Crippen LogP contribution in [0.15, 0.2) is 48.9 Å². The van der Waals surface area contributed by atoms with E-state index in [-0.39, 0.29) is 6.10 Å². The smallest absolute Gasteiger partial charge is 0.228 e. The fourth-order valence-electron chi connectivity index (χ4n) is 4.37. The van der Waals surface area contributed by atoms with Crippen molar-refractivity contribution in [3.05, 3.63) is 54.5 Å². The molecule has 0 aliphatic carbocycles. The lowest BCUT2D eigenvalue weighted by molar-refractivity contribution is 0.0259. The van der Waals surface area contributed by atoms with E-state index in [1.54, 1.807) is 6.20 Å². The summed E-state index contributed by atoms with van der Waals surface area (Å²) in [5.74, 6) is 2.48. The largest absolute Gasteiger partial charge is 0.488 e. The van der Waals surface area contributed by atoms with E-state index in [1.807, 2.05) is 42.7 Å². The number of anilines is 3. The second-order valence-corrected chi connectivity index (χ2v) is 8.60. The van der Waals surface area contributed by atoms with Crippen LogP contribution in [0.3, 0.4) is 0 Å². The Morgan fingerprint density at radius 3 is 2.45 bits per heavy atom. The molecule has 2 saturated heterocycles. The Hall–Kier alpha value is -3.23. The summed E-state index contributed by atoms with van der Waals surface area (Å²) in [6.07, 6.45) is 9.81. The molecule has 0 bridgehead atoms. The van der Waals surface area contributed by atoms with Crippen molar-refractivity contribution in [2.75, 3.05) is 37.4 Å². The lowest BCUT2D eigenvalue weighted by Gasteiger charge is -2.24. The van der Waals surface area contributed by atoms with Gasteiger partial charge in [-0.2, -0.15) is 0 Å². The van der Waals surface area contributed by atoms with Gasteiger partial charge in [-0.05, 0) is 72.8 Å². The highest BCUT2D eigenvalue weighted by atomic mass is 16.5. The van der Waals surface area contributed by atoms with Gasteiger partial charge in [0.1, 0.15) is 17.7 Å². The molecule has 3 aromatic rings. The minimum Gasteiger partial charge on any atom is -0.488 e. The van der Waals surface area contributed by atoms with Crippen molar-refractivity contribution in [2.24, 2.45) is 0 Å². The number of aromatic nitrogens is 3. The Bertz CT molecular complexity index is 1060. The van der Waals surface area contributed by atoms with E-state index in [4.69, 9.17) is 15.2 Å². The molecular weight excluding hydrogens is 416 g/mol. The molecule has 4 heterocycles. The van der Waals surface area contributed by atoms with Gasteiger partial charge in [-0.25, -0.2) is 15.0 Å². The maximum atomic E-state index is 6.30. The van der Waals surface area contributed by atoms with Crippen LogP contribution in [0.25, 0.3) is 11.1 Å². The number of nitrogens with two attached hydrogens (primary N) is 1. The van der Waals surface area contributed by atoms with Crippen molar-refractivity contribution < 1.29 is 9.47 Å². The van der Waals surface area contributed by atoms with E-state index in [0.29, 0.717) is 23.4 Å². The molecule has 4 N–H and O–H groups in total. The normalized spacial score (nSPS) is 17.6. The highest BCUT2D eigenvalue weighted by Crippen LogP contribution is 2.31. The highest BCUT2D eigenvalue weighted by molar-refractivity contribution is 5.72. The van der Waals surface area contributed by atoms with Gasteiger partial charge < -0.3 is 25.8 Å². The molecule has 8 nitrogen and oxygen atoms in total. The van der Waals surface area contributed by atoms with E-state index >= 15 is 0 Å². The molecular formula is C25H30N6O2. The molecule has 5 rings (SSSR count). The van der Waals surface area contributed by atoms with Gasteiger partial charge in [0.05, 0.1) is 18.9 Å². The summed E-state index contributed by atoms with van der Waals surface area (Å²) in [6.45, 7) is 3.57. The van der Waals surface area contributed by atoms with Crippen LogP contribution in [0.1, 0.15) is 37.2 Å². The monoisotopic (exact) mass is 446 g/mol. The average molecular weight is 447 g/mol. The minimum absolute atomic E-state index is 0.157. The molecule has 2 fully saturated rings. The molecule has 172 valence electrons. The third-order valence-electron chi connectivity index (χ3n) is 6.29. The standard InChI is InChI=1S/C25H30N6O2/c26-22-13-18(1-2-23(22)33-21-6-11-32-12-7-21)19-5-10-28-24(14-19)31-25-29-15-20(16-30-25)17-3-8-27-9-4-17/h1-2,5,10,13-17,21,27H,3-4,6-9,11-12,26H2,(H,28,29,30,31). The number of nitrogen functional groups attached to an aromatic ring is 1. The minimum atomic E-state index is 0.157. The topological polar surface area (TPSA) is 107 Å². The third kappa shape index (κ3) is 5.40. The number of piperidine rings is 1. The van der Waals surface area contributed by atoms with Crippen LogP contribution in [-0.4, -0.2) is 47.4 Å². The van der Waals surface area contributed by atoms with Crippen LogP contribution < -0.4 is 21.1 Å². The fraction of sp³-hybridized carbons (Fsp3) is 0.400. The third-order valence-corrected chi connectivity index (χ3v) is 6.29. The van der Waals surface area contributed by atoms with Gasteiger partial charge in [-0.1, -0.05) is 6.07 Å². The zero-order valence-electron chi connectivity index (χ0n) is 18.7. The number of rotatable bonds is 6. The number of nitrogens with zero attached hydrogens (tertiary/aromatic N) is 3. The summed E-state index contributed by atoms with van der Waals surface area (Å²) in [6, 6.07) is 9.83.